The van der Waals surface area contributed by atoms with Gasteiger partial charge >= 0.3 is 0 Å². The van der Waals surface area contributed by atoms with Crippen LogP contribution in [-0.4, -0.2) is 37.6 Å². The van der Waals surface area contributed by atoms with Crippen molar-refractivity contribution in [3.8, 4) is 0 Å². The first kappa shape index (κ1) is 15.0. The lowest BCUT2D eigenvalue weighted by atomic mass is 9.93. The van der Waals surface area contributed by atoms with Crippen molar-refractivity contribution in [1.82, 2.24) is 15.5 Å². The average Bonchev–Trinajstić information content (AvgIpc) is 2.88. The second-order valence-electron chi connectivity index (χ2n) is 6.92. The summed E-state index contributed by atoms with van der Waals surface area (Å²) < 4.78 is 0. The van der Waals surface area contributed by atoms with Gasteiger partial charge in [0, 0.05) is 24.7 Å². The minimum absolute atomic E-state index is 0.370. The predicted octanol–water partition coefficient (Wildman–Crippen LogP) is 2.69. The van der Waals surface area contributed by atoms with E-state index in [9.17, 15) is 0 Å². The molecule has 1 heterocycles. The Balaban J connectivity index is 1.72. The van der Waals surface area contributed by atoms with Gasteiger partial charge in [0.15, 0.2) is 0 Å². The fraction of sp³-hybridized carbons (Fsp3) is 0.667. The molecule has 0 saturated heterocycles. The van der Waals surface area contributed by atoms with Gasteiger partial charge in [-0.25, -0.2) is 0 Å². The van der Waals surface area contributed by atoms with Crippen molar-refractivity contribution in [2.45, 2.75) is 50.2 Å². The maximum atomic E-state index is 3.90. The Bertz CT molecular complexity index is 463. The van der Waals surface area contributed by atoms with E-state index in [1.54, 1.807) is 0 Å². The van der Waals surface area contributed by atoms with Gasteiger partial charge in [-0.2, -0.15) is 0 Å². The number of likely N-dealkylation sites (N-methyl/N-ethyl adjacent to an activating group) is 1. The molecule has 2 aliphatic rings. The maximum Gasteiger partial charge on any atom is 0.0336 e. The van der Waals surface area contributed by atoms with E-state index in [0.29, 0.717) is 11.6 Å². The predicted molar refractivity (Wildman–Crippen MR) is 88.4 cm³/mol. The molecule has 0 spiro atoms. The summed E-state index contributed by atoms with van der Waals surface area (Å²) in [6.45, 7) is 3.22. The summed E-state index contributed by atoms with van der Waals surface area (Å²) in [5.41, 5.74) is 3.32. The van der Waals surface area contributed by atoms with Gasteiger partial charge in [0.05, 0.1) is 0 Å². The molecule has 1 fully saturated rings. The molecule has 0 aromatic heterocycles. The van der Waals surface area contributed by atoms with Crippen LogP contribution < -0.4 is 10.6 Å². The van der Waals surface area contributed by atoms with Crippen LogP contribution in [0.2, 0.25) is 0 Å². The van der Waals surface area contributed by atoms with Crippen molar-refractivity contribution in [3.05, 3.63) is 35.4 Å². The molecular formula is C18H29N3. The van der Waals surface area contributed by atoms with Gasteiger partial charge in [-0.3, -0.25) is 0 Å². The van der Waals surface area contributed by atoms with Crippen molar-refractivity contribution >= 4 is 0 Å². The van der Waals surface area contributed by atoms with E-state index < -0.39 is 0 Å². The molecule has 0 radical (unpaired) electrons. The SMILES string of the molecule is CN(C)C1(CNC2CCNCc3ccccc32)CCCC1. The van der Waals surface area contributed by atoms with Crippen LogP contribution >= 0.6 is 0 Å². The van der Waals surface area contributed by atoms with Crippen molar-refractivity contribution in [2.24, 2.45) is 0 Å². The van der Waals surface area contributed by atoms with Crippen LogP contribution in [0.4, 0.5) is 0 Å². The Hall–Kier alpha value is -0.900. The highest BCUT2D eigenvalue weighted by Crippen LogP contribution is 2.34. The first-order valence-corrected chi connectivity index (χ1v) is 8.41. The molecule has 0 bridgehead atoms. The van der Waals surface area contributed by atoms with Gasteiger partial charge in [-0.1, -0.05) is 37.1 Å². The molecule has 1 unspecified atom stereocenters. The Morgan fingerprint density at radius 3 is 2.76 bits per heavy atom. The summed E-state index contributed by atoms with van der Waals surface area (Å²) >= 11 is 0. The highest BCUT2D eigenvalue weighted by atomic mass is 15.2. The molecule has 1 aromatic rings. The molecule has 1 aliphatic heterocycles. The molecule has 1 aromatic carbocycles. The van der Waals surface area contributed by atoms with Gasteiger partial charge < -0.3 is 15.5 Å². The monoisotopic (exact) mass is 287 g/mol. The number of hydrogen-bond acceptors (Lipinski definition) is 3. The Labute approximate surface area is 129 Å². The minimum Gasteiger partial charge on any atom is -0.313 e. The number of fused-ring (bicyclic) bond motifs is 1. The summed E-state index contributed by atoms with van der Waals surface area (Å²) in [6.07, 6.45) is 6.60. The maximum absolute atomic E-state index is 3.90. The van der Waals surface area contributed by atoms with E-state index in [1.165, 1.54) is 43.2 Å². The molecular weight excluding hydrogens is 258 g/mol. The van der Waals surface area contributed by atoms with E-state index in [-0.39, 0.29) is 0 Å². The lowest BCUT2D eigenvalue weighted by molar-refractivity contribution is 0.148. The Morgan fingerprint density at radius 1 is 1.24 bits per heavy atom. The summed E-state index contributed by atoms with van der Waals surface area (Å²) in [5, 5.41) is 7.44. The number of hydrogen-bond donors (Lipinski definition) is 2. The zero-order valence-corrected chi connectivity index (χ0v) is 13.5. The zero-order valence-electron chi connectivity index (χ0n) is 13.5. The highest BCUT2D eigenvalue weighted by molar-refractivity contribution is 5.31. The third-order valence-corrected chi connectivity index (χ3v) is 5.52. The van der Waals surface area contributed by atoms with Crippen LogP contribution in [0.15, 0.2) is 24.3 Å². The van der Waals surface area contributed by atoms with Crippen LogP contribution in [-0.2, 0) is 6.54 Å². The second kappa shape index (κ2) is 6.47. The third-order valence-electron chi connectivity index (χ3n) is 5.52. The van der Waals surface area contributed by atoms with Gasteiger partial charge in [0.2, 0.25) is 0 Å². The largest absolute Gasteiger partial charge is 0.313 e. The van der Waals surface area contributed by atoms with E-state index in [2.05, 4.69) is 53.9 Å². The molecule has 116 valence electrons. The van der Waals surface area contributed by atoms with Crippen LogP contribution in [0.1, 0.15) is 49.3 Å². The first-order chi connectivity index (χ1) is 10.2. The van der Waals surface area contributed by atoms with E-state index in [0.717, 1.165) is 19.6 Å². The zero-order chi connectivity index (χ0) is 14.7. The molecule has 21 heavy (non-hydrogen) atoms. The minimum atomic E-state index is 0.370. The standard InChI is InChI=1S/C18H29N3/c1-21(2)18(10-5-6-11-18)14-20-17-9-12-19-13-15-7-3-4-8-16(15)17/h3-4,7-8,17,19-20H,5-6,9-14H2,1-2H3. The topological polar surface area (TPSA) is 27.3 Å². The van der Waals surface area contributed by atoms with Gasteiger partial charge in [0.1, 0.15) is 0 Å². The van der Waals surface area contributed by atoms with Gasteiger partial charge in [0.25, 0.3) is 0 Å². The van der Waals surface area contributed by atoms with E-state index in [4.69, 9.17) is 0 Å². The molecule has 0 amide bonds. The summed E-state index contributed by atoms with van der Waals surface area (Å²) in [4.78, 5) is 2.45. The fourth-order valence-corrected chi connectivity index (χ4v) is 4.00. The first-order valence-electron chi connectivity index (χ1n) is 8.41. The molecule has 1 aliphatic carbocycles. The fourth-order valence-electron chi connectivity index (χ4n) is 4.00. The smallest absolute Gasteiger partial charge is 0.0336 e. The quantitative estimate of drug-likeness (QED) is 0.891. The number of rotatable bonds is 4. The van der Waals surface area contributed by atoms with Crippen LogP contribution in [0.5, 0.6) is 0 Å². The normalized spacial score (nSPS) is 24.8. The molecule has 2 N–H and O–H groups in total. The van der Waals surface area contributed by atoms with Crippen molar-refractivity contribution < 1.29 is 0 Å². The van der Waals surface area contributed by atoms with Crippen LogP contribution in [0.25, 0.3) is 0 Å². The van der Waals surface area contributed by atoms with Crippen LogP contribution in [0.3, 0.4) is 0 Å². The second-order valence-corrected chi connectivity index (χ2v) is 6.92. The molecule has 3 heteroatoms. The summed E-state index contributed by atoms with van der Waals surface area (Å²) in [5.74, 6) is 0. The molecule has 3 nitrogen and oxygen atoms in total. The third kappa shape index (κ3) is 3.15. The van der Waals surface area contributed by atoms with Gasteiger partial charge in [-0.15, -0.1) is 0 Å². The molecule has 1 saturated carbocycles. The Morgan fingerprint density at radius 2 is 2.00 bits per heavy atom. The van der Waals surface area contributed by atoms with Crippen LogP contribution in [0, 0.1) is 0 Å². The van der Waals surface area contributed by atoms with Gasteiger partial charge in [-0.05, 0) is 51.0 Å². The number of nitrogens with zero attached hydrogens (tertiary/aromatic N) is 1. The highest BCUT2D eigenvalue weighted by Gasteiger charge is 2.36. The summed E-state index contributed by atoms with van der Waals surface area (Å²) in [7, 11) is 4.49. The lowest BCUT2D eigenvalue weighted by Gasteiger charge is -2.38. The average molecular weight is 287 g/mol. The van der Waals surface area contributed by atoms with Crippen molar-refractivity contribution in [2.75, 3.05) is 27.2 Å². The van der Waals surface area contributed by atoms with E-state index in [1.807, 2.05) is 0 Å². The Kier molecular flexibility index (Phi) is 4.63. The van der Waals surface area contributed by atoms with E-state index >= 15 is 0 Å². The molecule has 1 atom stereocenters. The number of benzene rings is 1. The van der Waals surface area contributed by atoms with Crippen molar-refractivity contribution in [1.29, 1.82) is 0 Å². The van der Waals surface area contributed by atoms with Crippen molar-refractivity contribution in [3.63, 3.8) is 0 Å². The number of nitrogens with one attached hydrogen (secondary N) is 2. The molecule has 3 rings (SSSR count). The summed E-state index contributed by atoms with van der Waals surface area (Å²) in [6, 6.07) is 9.39. The lowest BCUT2D eigenvalue weighted by Crippen LogP contribution is -2.50.